The van der Waals surface area contributed by atoms with E-state index in [0.29, 0.717) is 4.60 Å². The first-order valence-electron chi connectivity index (χ1n) is 3.60. The highest BCUT2D eigenvalue weighted by molar-refractivity contribution is 9.10. The fourth-order valence-corrected chi connectivity index (χ4v) is 1.01. The second-order valence-electron chi connectivity index (χ2n) is 2.15. The van der Waals surface area contributed by atoms with E-state index in [2.05, 4.69) is 25.9 Å². The van der Waals surface area contributed by atoms with E-state index in [4.69, 9.17) is 10.5 Å². The normalized spacial score (nSPS) is 9.69. The van der Waals surface area contributed by atoms with Gasteiger partial charge in [0, 0.05) is 0 Å². The number of carbonyl (C=O) groups is 1. The Labute approximate surface area is 83.4 Å². The Morgan fingerprint density at radius 1 is 1.77 bits per heavy atom. The Hall–Kier alpha value is -1.17. The van der Waals surface area contributed by atoms with Crippen LogP contribution in [0.1, 0.15) is 17.4 Å². The lowest BCUT2D eigenvalue weighted by molar-refractivity contribution is 0.0520. The Kier molecular flexibility index (Phi) is 3.18. The molecule has 0 atom stereocenters. The number of hydrogen-bond acceptors (Lipinski definition) is 5. The maximum absolute atomic E-state index is 11.2. The second kappa shape index (κ2) is 4.18. The van der Waals surface area contributed by atoms with Gasteiger partial charge in [0.2, 0.25) is 0 Å². The maximum Gasteiger partial charge on any atom is 0.360 e. The van der Waals surface area contributed by atoms with Gasteiger partial charge in [-0.1, -0.05) is 0 Å². The van der Waals surface area contributed by atoms with Crippen LogP contribution in [0.5, 0.6) is 0 Å². The van der Waals surface area contributed by atoms with Crippen LogP contribution < -0.4 is 5.73 Å². The molecule has 0 saturated carbocycles. The number of halogens is 1. The molecule has 5 nitrogen and oxygen atoms in total. The van der Waals surface area contributed by atoms with E-state index in [9.17, 15) is 4.79 Å². The third-order valence-electron chi connectivity index (χ3n) is 1.24. The predicted octanol–water partition coefficient (Wildman–Crippen LogP) is 0.998. The van der Waals surface area contributed by atoms with E-state index in [1.807, 2.05) is 0 Å². The molecule has 2 N–H and O–H groups in total. The van der Waals surface area contributed by atoms with Crippen molar-refractivity contribution in [2.75, 3.05) is 12.3 Å². The summed E-state index contributed by atoms with van der Waals surface area (Å²) in [7, 11) is 0. The molecule has 0 radical (unpaired) electrons. The third-order valence-corrected chi connectivity index (χ3v) is 1.62. The lowest BCUT2D eigenvalue weighted by Crippen LogP contribution is -2.11. The van der Waals surface area contributed by atoms with Crippen LogP contribution in [-0.2, 0) is 4.74 Å². The maximum atomic E-state index is 11.2. The number of aromatic nitrogens is 2. The molecule has 0 aliphatic heterocycles. The number of carbonyl (C=O) groups excluding carboxylic acids is 1. The number of nitrogen functional groups attached to an aromatic ring is 1. The fraction of sp³-hybridized carbons (Fsp3) is 0.286. The van der Waals surface area contributed by atoms with Gasteiger partial charge in [-0.15, -0.1) is 0 Å². The van der Waals surface area contributed by atoms with Gasteiger partial charge in [-0.3, -0.25) is 0 Å². The van der Waals surface area contributed by atoms with Crippen molar-refractivity contribution in [3.8, 4) is 0 Å². The van der Waals surface area contributed by atoms with E-state index in [1.54, 1.807) is 6.92 Å². The SMILES string of the molecule is CCOC(=O)c1nc(Br)cnc1N. The molecular formula is C7H8BrN3O2. The van der Waals surface area contributed by atoms with E-state index in [0.717, 1.165) is 0 Å². The summed E-state index contributed by atoms with van der Waals surface area (Å²) >= 11 is 3.08. The van der Waals surface area contributed by atoms with Gasteiger partial charge in [0.1, 0.15) is 4.60 Å². The second-order valence-corrected chi connectivity index (χ2v) is 2.96. The number of rotatable bonds is 2. The van der Waals surface area contributed by atoms with Gasteiger partial charge in [-0.2, -0.15) is 0 Å². The van der Waals surface area contributed by atoms with Gasteiger partial charge in [-0.05, 0) is 22.9 Å². The largest absolute Gasteiger partial charge is 0.461 e. The minimum atomic E-state index is -0.561. The number of ether oxygens (including phenoxy) is 1. The molecule has 1 rings (SSSR count). The van der Waals surface area contributed by atoms with Crippen molar-refractivity contribution < 1.29 is 9.53 Å². The minimum absolute atomic E-state index is 0.0382. The highest BCUT2D eigenvalue weighted by atomic mass is 79.9. The molecule has 13 heavy (non-hydrogen) atoms. The van der Waals surface area contributed by atoms with Crippen LogP contribution in [-0.4, -0.2) is 22.5 Å². The van der Waals surface area contributed by atoms with Crippen LogP contribution in [0, 0.1) is 0 Å². The summed E-state index contributed by atoms with van der Waals surface area (Å²) in [5.74, 6) is -0.490. The first-order chi connectivity index (χ1) is 6.15. The zero-order valence-electron chi connectivity index (χ0n) is 6.95. The average molecular weight is 246 g/mol. The Balaban J connectivity index is 2.99. The van der Waals surface area contributed by atoms with Crippen molar-refractivity contribution in [2.24, 2.45) is 0 Å². The van der Waals surface area contributed by atoms with E-state index < -0.39 is 5.97 Å². The summed E-state index contributed by atoms with van der Waals surface area (Å²) in [6.45, 7) is 1.99. The zero-order valence-corrected chi connectivity index (χ0v) is 8.54. The number of nitrogens with zero attached hydrogens (tertiary/aromatic N) is 2. The third kappa shape index (κ3) is 2.38. The van der Waals surface area contributed by atoms with Crippen molar-refractivity contribution in [3.63, 3.8) is 0 Å². The summed E-state index contributed by atoms with van der Waals surface area (Å²) in [5.41, 5.74) is 5.46. The van der Waals surface area contributed by atoms with Crippen LogP contribution >= 0.6 is 15.9 Å². The fourth-order valence-electron chi connectivity index (χ4n) is 0.727. The average Bonchev–Trinajstić information content (AvgIpc) is 2.09. The Morgan fingerprint density at radius 3 is 3.08 bits per heavy atom. The van der Waals surface area contributed by atoms with Gasteiger partial charge in [0.05, 0.1) is 12.8 Å². The zero-order chi connectivity index (χ0) is 9.84. The molecule has 0 unspecified atom stereocenters. The van der Waals surface area contributed by atoms with Gasteiger partial charge < -0.3 is 10.5 Å². The Bertz CT molecular complexity index is 330. The molecule has 70 valence electrons. The number of hydrogen-bond donors (Lipinski definition) is 1. The highest BCUT2D eigenvalue weighted by Crippen LogP contribution is 2.11. The van der Waals surface area contributed by atoms with Crippen LogP contribution in [0.4, 0.5) is 5.82 Å². The summed E-state index contributed by atoms with van der Waals surface area (Å²) in [4.78, 5) is 18.8. The standard InChI is InChI=1S/C7H8BrN3O2/c1-2-13-7(12)5-6(9)10-3-4(8)11-5/h3H,2H2,1H3,(H2,9,10). The summed E-state index contributed by atoms with van der Waals surface area (Å²) < 4.78 is 5.17. The molecule has 6 heteroatoms. The predicted molar refractivity (Wildman–Crippen MR) is 50.1 cm³/mol. The van der Waals surface area contributed by atoms with E-state index in [-0.39, 0.29) is 18.1 Å². The van der Waals surface area contributed by atoms with Crippen LogP contribution in [0.2, 0.25) is 0 Å². The van der Waals surface area contributed by atoms with Crippen molar-refractivity contribution in [1.82, 2.24) is 9.97 Å². The van der Waals surface area contributed by atoms with E-state index >= 15 is 0 Å². The summed E-state index contributed by atoms with van der Waals surface area (Å²) in [6.07, 6.45) is 1.41. The van der Waals surface area contributed by atoms with Gasteiger partial charge >= 0.3 is 5.97 Å². The van der Waals surface area contributed by atoms with Gasteiger partial charge in [-0.25, -0.2) is 14.8 Å². The molecule has 0 bridgehead atoms. The molecule has 0 amide bonds. The molecule has 1 heterocycles. The van der Waals surface area contributed by atoms with Crippen molar-refractivity contribution in [2.45, 2.75) is 6.92 Å². The smallest absolute Gasteiger partial charge is 0.360 e. The van der Waals surface area contributed by atoms with Crippen LogP contribution in [0.25, 0.3) is 0 Å². The Morgan fingerprint density at radius 2 is 2.46 bits per heavy atom. The molecule has 0 aliphatic rings. The minimum Gasteiger partial charge on any atom is -0.461 e. The highest BCUT2D eigenvalue weighted by Gasteiger charge is 2.13. The van der Waals surface area contributed by atoms with Crippen LogP contribution in [0.15, 0.2) is 10.8 Å². The van der Waals surface area contributed by atoms with Crippen LogP contribution in [0.3, 0.4) is 0 Å². The van der Waals surface area contributed by atoms with Crippen molar-refractivity contribution in [3.05, 3.63) is 16.5 Å². The topological polar surface area (TPSA) is 78.1 Å². The van der Waals surface area contributed by atoms with Gasteiger partial charge in [0.25, 0.3) is 0 Å². The molecule has 0 saturated heterocycles. The molecular weight excluding hydrogens is 238 g/mol. The van der Waals surface area contributed by atoms with E-state index in [1.165, 1.54) is 6.20 Å². The first kappa shape index (κ1) is 9.91. The molecule has 0 aliphatic carbocycles. The number of anilines is 1. The number of esters is 1. The van der Waals surface area contributed by atoms with Gasteiger partial charge in [0.15, 0.2) is 11.5 Å². The summed E-state index contributed by atoms with van der Waals surface area (Å²) in [5, 5.41) is 0. The molecule has 0 aromatic carbocycles. The lowest BCUT2D eigenvalue weighted by atomic mass is 10.4. The molecule has 0 fully saturated rings. The first-order valence-corrected chi connectivity index (χ1v) is 4.39. The number of nitrogens with two attached hydrogens (primary N) is 1. The van der Waals surface area contributed by atoms with Crippen molar-refractivity contribution in [1.29, 1.82) is 0 Å². The molecule has 1 aromatic heterocycles. The van der Waals surface area contributed by atoms with Crippen molar-refractivity contribution >= 4 is 27.7 Å². The molecule has 1 aromatic rings. The quantitative estimate of drug-likeness (QED) is 0.787. The molecule has 0 spiro atoms. The lowest BCUT2D eigenvalue weighted by Gasteiger charge is -2.02. The summed E-state index contributed by atoms with van der Waals surface area (Å²) in [6, 6.07) is 0. The monoisotopic (exact) mass is 245 g/mol.